The molecule has 0 saturated heterocycles. The summed E-state index contributed by atoms with van der Waals surface area (Å²) >= 11 is 5.99. The van der Waals surface area contributed by atoms with E-state index in [-0.39, 0.29) is 47.3 Å². The Bertz CT molecular complexity index is 1710. The van der Waals surface area contributed by atoms with Crippen molar-refractivity contribution in [1.29, 1.82) is 5.26 Å². The highest BCUT2D eigenvalue weighted by molar-refractivity contribution is 6.30. The van der Waals surface area contributed by atoms with Gasteiger partial charge in [-0.3, -0.25) is 0 Å². The lowest BCUT2D eigenvalue weighted by Gasteiger charge is -2.32. The number of carbonyl (C=O) groups excluding carboxylic acids is 2. The summed E-state index contributed by atoms with van der Waals surface area (Å²) in [4.78, 5) is 31.9. The molecule has 3 heterocycles. The lowest BCUT2D eigenvalue weighted by molar-refractivity contribution is -0.0960. The van der Waals surface area contributed by atoms with Crippen molar-refractivity contribution in [2.24, 2.45) is 0 Å². The molecule has 45 heavy (non-hydrogen) atoms. The number of nitrogens with zero attached hydrogens (tertiary/aromatic N) is 6. The van der Waals surface area contributed by atoms with E-state index in [1.54, 1.807) is 32.9 Å². The topological polar surface area (TPSA) is 146 Å². The molecule has 1 aliphatic heterocycles. The number of aromatic nitrogens is 3. The summed E-state index contributed by atoms with van der Waals surface area (Å²) in [5.41, 5.74) is -1.49. The fraction of sp³-hybridized carbons (Fsp3) is 0.345. The molecule has 238 valence electrons. The molecule has 16 heteroatoms. The van der Waals surface area contributed by atoms with Crippen LogP contribution in [0, 0.1) is 11.3 Å². The molecule has 0 radical (unpaired) electrons. The number of allylic oxidation sites excluding steroid dienone is 2. The van der Waals surface area contributed by atoms with Crippen molar-refractivity contribution in [2.75, 3.05) is 20.1 Å². The summed E-state index contributed by atoms with van der Waals surface area (Å²) in [6, 6.07) is 8.18. The second-order valence-electron chi connectivity index (χ2n) is 10.9. The molecule has 4 rings (SSSR count). The molecule has 2 N–H and O–H groups in total. The first kappa shape index (κ1) is 33.1. The Hall–Kier alpha value is -4.81. The summed E-state index contributed by atoms with van der Waals surface area (Å²) in [6.45, 7) is 5.09. The number of ether oxygens (including phenoxy) is 2. The number of pyridine rings is 1. The molecule has 0 saturated carbocycles. The largest absolute Gasteiger partial charge is 0.456 e. The van der Waals surface area contributed by atoms with Gasteiger partial charge in [-0.05, 0) is 57.2 Å². The molecule has 2 amide bonds. The molecule has 2 aromatic heterocycles. The number of halogens is 4. The molecular weight excluding hydrogens is 619 g/mol. The maximum atomic E-state index is 13.9. The first-order valence-electron chi connectivity index (χ1n) is 13.4. The third-order valence-corrected chi connectivity index (χ3v) is 6.47. The number of alkyl carbamates (subject to hydrolysis) is 1. The zero-order valence-electron chi connectivity index (χ0n) is 24.6. The van der Waals surface area contributed by atoms with Gasteiger partial charge in [0.05, 0.1) is 23.9 Å². The number of likely N-dealkylation sites (N-methyl/N-ethyl adjacent to an activating group) is 1. The third kappa shape index (κ3) is 8.02. The molecule has 1 unspecified atom stereocenters. The number of amides is 2. The zero-order chi connectivity index (χ0) is 33.1. The smallest absolute Gasteiger partial charge is 0.419 e. The Morgan fingerprint density at radius 3 is 2.64 bits per heavy atom. The van der Waals surface area contributed by atoms with Crippen LogP contribution >= 0.6 is 11.6 Å². The van der Waals surface area contributed by atoms with E-state index in [0.717, 1.165) is 21.9 Å². The predicted octanol–water partition coefficient (Wildman–Crippen LogP) is 4.92. The van der Waals surface area contributed by atoms with Crippen LogP contribution in [-0.4, -0.2) is 79.9 Å². The third-order valence-electron chi connectivity index (χ3n) is 6.25. The molecular formula is C29H29ClF3N7O5. The monoisotopic (exact) mass is 647 g/mol. The minimum atomic E-state index is -4.89. The second kappa shape index (κ2) is 13.0. The van der Waals surface area contributed by atoms with Gasteiger partial charge in [-0.2, -0.15) is 28.2 Å². The number of nitrogens with one attached hydrogen (secondary N) is 1. The van der Waals surface area contributed by atoms with Gasteiger partial charge in [-0.15, -0.1) is 0 Å². The number of hydrogen-bond acceptors (Lipinski definition) is 9. The Kier molecular flexibility index (Phi) is 9.59. The van der Waals surface area contributed by atoms with E-state index in [1.807, 2.05) is 6.07 Å². The number of hydrogen-bond donors (Lipinski definition) is 2. The van der Waals surface area contributed by atoms with E-state index in [0.29, 0.717) is 5.39 Å². The number of aliphatic hydroxyl groups excluding tert-OH is 1. The number of rotatable bonds is 7. The molecule has 1 aliphatic rings. The van der Waals surface area contributed by atoms with Gasteiger partial charge in [0.25, 0.3) is 0 Å². The van der Waals surface area contributed by atoms with Crippen LogP contribution in [0.5, 0.6) is 5.75 Å². The van der Waals surface area contributed by atoms with E-state index in [4.69, 9.17) is 21.1 Å². The molecule has 0 bridgehead atoms. The number of aliphatic hydroxyl groups is 1. The summed E-state index contributed by atoms with van der Waals surface area (Å²) in [6.07, 6.45) is -4.24. The molecule has 12 nitrogen and oxygen atoms in total. The van der Waals surface area contributed by atoms with Crippen molar-refractivity contribution in [3.63, 3.8) is 0 Å². The van der Waals surface area contributed by atoms with Gasteiger partial charge in [0.2, 0.25) is 0 Å². The first-order valence-corrected chi connectivity index (χ1v) is 13.8. The van der Waals surface area contributed by atoms with Crippen molar-refractivity contribution < 1.29 is 37.3 Å². The number of carbonyl (C=O) groups is 2. The normalized spacial score (nSPS) is 15.2. The molecule has 0 fully saturated rings. The summed E-state index contributed by atoms with van der Waals surface area (Å²) in [7, 11) is 1.49. The minimum absolute atomic E-state index is 0.0455. The summed E-state index contributed by atoms with van der Waals surface area (Å²) < 4.78 is 53.5. The van der Waals surface area contributed by atoms with E-state index in [9.17, 15) is 33.1 Å². The Morgan fingerprint density at radius 2 is 1.98 bits per heavy atom. The number of benzene rings is 1. The van der Waals surface area contributed by atoms with Crippen LogP contribution in [-0.2, 0) is 11.3 Å². The van der Waals surface area contributed by atoms with E-state index < -0.39 is 41.5 Å². The van der Waals surface area contributed by atoms with E-state index in [1.165, 1.54) is 36.3 Å². The van der Waals surface area contributed by atoms with Crippen LogP contribution in [0.3, 0.4) is 0 Å². The van der Waals surface area contributed by atoms with Crippen LogP contribution in [0.15, 0.2) is 60.1 Å². The second-order valence-corrected chi connectivity index (χ2v) is 11.3. The molecule has 1 aromatic carbocycles. The van der Waals surface area contributed by atoms with Gasteiger partial charge in [-0.25, -0.2) is 14.6 Å². The fourth-order valence-electron chi connectivity index (χ4n) is 4.25. The van der Waals surface area contributed by atoms with Gasteiger partial charge < -0.3 is 29.7 Å². The molecule has 0 aliphatic carbocycles. The number of nitriles is 1. The molecule has 1 atom stereocenters. The molecule has 0 spiro atoms. The van der Waals surface area contributed by atoms with Crippen molar-refractivity contribution in [3.8, 4) is 11.8 Å². The van der Waals surface area contributed by atoms with E-state index in [2.05, 4.69) is 15.4 Å². The lowest BCUT2D eigenvalue weighted by atomic mass is 10.1. The first-order chi connectivity index (χ1) is 21.1. The Morgan fingerprint density at radius 1 is 1.24 bits per heavy atom. The van der Waals surface area contributed by atoms with Gasteiger partial charge in [0, 0.05) is 42.9 Å². The Balaban J connectivity index is 1.56. The number of fused-ring (bicyclic) bond motifs is 1. The average Bonchev–Trinajstić information content (AvgIpc) is 3.31. The SMILES string of the molecule is CN(CCNC(=O)OC(C)(C)C)C(=O)n1nc(CN2C=CC(C(F)(F)F)=C(Oc3cc(Cl)cc(C#N)c3)C2O)c2cccnc21. The Labute approximate surface area is 260 Å². The van der Waals surface area contributed by atoms with Crippen LogP contribution in [0.1, 0.15) is 32.0 Å². The van der Waals surface area contributed by atoms with Crippen LogP contribution in [0.2, 0.25) is 5.02 Å². The summed E-state index contributed by atoms with van der Waals surface area (Å²) in [5, 5.41) is 27.7. The maximum absolute atomic E-state index is 13.9. The van der Waals surface area contributed by atoms with Crippen LogP contribution in [0.25, 0.3) is 11.0 Å². The highest BCUT2D eigenvalue weighted by atomic mass is 35.5. The minimum Gasteiger partial charge on any atom is -0.456 e. The van der Waals surface area contributed by atoms with Gasteiger partial charge >= 0.3 is 18.3 Å². The number of alkyl halides is 3. The van der Waals surface area contributed by atoms with Gasteiger partial charge in [-0.1, -0.05) is 11.6 Å². The van der Waals surface area contributed by atoms with Crippen molar-refractivity contribution in [2.45, 2.75) is 45.3 Å². The maximum Gasteiger partial charge on any atom is 0.419 e. The van der Waals surface area contributed by atoms with Crippen LogP contribution in [0.4, 0.5) is 22.8 Å². The van der Waals surface area contributed by atoms with E-state index >= 15 is 0 Å². The molecule has 3 aromatic rings. The predicted molar refractivity (Wildman–Crippen MR) is 156 cm³/mol. The quantitative estimate of drug-likeness (QED) is 0.365. The van der Waals surface area contributed by atoms with Crippen molar-refractivity contribution in [1.82, 2.24) is 29.9 Å². The van der Waals surface area contributed by atoms with Crippen molar-refractivity contribution >= 4 is 34.8 Å². The summed E-state index contributed by atoms with van der Waals surface area (Å²) in [5.74, 6) is -1.02. The average molecular weight is 648 g/mol. The lowest BCUT2D eigenvalue weighted by Crippen LogP contribution is -2.40. The zero-order valence-corrected chi connectivity index (χ0v) is 25.3. The highest BCUT2D eigenvalue weighted by Gasteiger charge is 2.41. The standard InChI is InChI=1S/C29H29ClF3N7O5/c1-28(2,3)45-26(42)36-9-11-38(4)27(43)40-24-20(6-5-8-35-24)22(37-40)16-39-10-7-21(29(31,32)33)23(25(39)41)44-19-13-17(15-34)12-18(30)14-19/h5-8,10,12-14,25,41H,9,11,16H2,1-4H3,(H,36,42). The van der Waals surface area contributed by atoms with Crippen LogP contribution < -0.4 is 10.1 Å². The van der Waals surface area contributed by atoms with Gasteiger partial charge in [0.15, 0.2) is 17.6 Å². The highest BCUT2D eigenvalue weighted by Crippen LogP contribution is 2.36. The fourth-order valence-corrected chi connectivity index (χ4v) is 4.48. The van der Waals surface area contributed by atoms with Gasteiger partial charge in [0.1, 0.15) is 16.9 Å². The van der Waals surface area contributed by atoms with Crippen molar-refractivity contribution in [3.05, 3.63) is 76.4 Å².